The number of carbonyl (C=O) groups is 2. The van der Waals surface area contributed by atoms with Crippen molar-refractivity contribution >= 4 is 29.5 Å². The monoisotopic (exact) mass is 414 g/mol. The van der Waals surface area contributed by atoms with E-state index in [9.17, 15) is 19.7 Å². The maximum absolute atomic E-state index is 12.6. The van der Waals surface area contributed by atoms with Crippen LogP contribution in [0.15, 0.2) is 5.16 Å². The maximum atomic E-state index is 12.6. The Balaban J connectivity index is 2.53. The Kier molecular flexibility index (Phi) is 6.02. The van der Waals surface area contributed by atoms with E-state index in [-0.39, 0.29) is 29.8 Å². The number of rotatable bonds is 5. The highest BCUT2D eigenvalue weighted by Gasteiger charge is 2.59. The van der Waals surface area contributed by atoms with Gasteiger partial charge in [0.2, 0.25) is 0 Å². The van der Waals surface area contributed by atoms with Gasteiger partial charge in [-0.25, -0.2) is 9.78 Å². The lowest BCUT2D eigenvalue weighted by atomic mass is 9.76. The molecule has 1 amide bonds. The lowest BCUT2D eigenvalue weighted by Gasteiger charge is -2.46. The fraction of sp³-hybridized carbons (Fsp3) is 0.625. The summed E-state index contributed by atoms with van der Waals surface area (Å²) in [5.74, 6) is -1.01. The second kappa shape index (κ2) is 7.78. The summed E-state index contributed by atoms with van der Waals surface area (Å²) < 4.78 is 15.2. The fourth-order valence-corrected chi connectivity index (χ4v) is 3.14. The van der Waals surface area contributed by atoms with Crippen LogP contribution in [0.2, 0.25) is 0 Å². The summed E-state index contributed by atoms with van der Waals surface area (Å²) in [6, 6.07) is 0. The molecule has 1 aromatic rings. The number of nitrogens with zero attached hydrogens (tertiary/aromatic N) is 4. The van der Waals surface area contributed by atoms with Crippen LogP contribution in [0.3, 0.4) is 0 Å². The Morgan fingerprint density at radius 1 is 1.25 bits per heavy atom. The van der Waals surface area contributed by atoms with E-state index in [1.807, 2.05) is 0 Å². The third kappa shape index (κ3) is 3.96. The molecule has 0 spiro atoms. The number of esters is 1. The van der Waals surface area contributed by atoms with Gasteiger partial charge in [0.05, 0.1) is 19.1 Å². The van der Waals surface area contributed by atoms with Gasteiger partial charge in [-0.2, -0.15) is 4.98 Å². The van der Waals surface area contributed by atoms with Gasteiger partial charge in [-0.3, -0.25) is 14.9 Å². The number of nitro groups is 1. The molecule has 0 bridgehead atoms. The summed E-state index contributed by atoms with van der Waals surface area (Å²) >= 11 is 1.14. The van der Waals surface area contributed by atoms with Gasteiger partial charge < -0.3 is 19.1 Å². The normalized spacial score (nSPS) is 15.4. The molecule has 0 saturated carbocycles. The molecule has 12 heteroatoms. The van der Waals surface area contributed by atoms with Gasteiger partial charge in [-0.15, -0.1) is 0 Å². The van der Waals surface area contributed by atoms with Gasteiger partial charge in [-0.05, 0) is 27.0 Å². The number of hydrogen-bond donors (Lipinski definition) is 0. The van der Waals surface area contributed by atoms with Gasteiger partial charge in [0.1, 0.15) is 11.3 Å². The van der Waals surface area contributed by atoms with Crippen molar-refractivity contribution in [2.75, 3.05) is 33.6 Å². The van der Waals surface area contributed by atoms with Crippen LogP contribution in [0.25, 0.3) is 0 Å². The molecule has 0 radical (unpaired) electrons. The molecule has 0 unspecified atom stereocenters. The molecule has 1 aliphatic heterocycles. The smallest absolute Gasteiger partial charge is 0.410 e. The molecule has 154 valence electrons. The second-order valence-electron chi connectivity index (χ2n) is 7.08. The molecule has 2 heterocycles. The largest absolute Gasteiger partial charge is 0.476 e. The minimum atomic E-state index is -1.52. The first-order valence-electron chi connectivity index (χ1n) is 8.20. The van der Waals surface area contributed by atoms with Crippen LogP contribution in [0, 0.1) is 10.1 Å². The van der Waals surface area contributed by atoms with Gasteiger partial charge in [0, 0.05) is 13.1 Å². The summed E-state index contributed by atoms with van der Waals surface area (Å²) in [5.41, 5.74) is -2.93. The van der Waals surface area contributed by atoms with Crippen molar-refractivity contribution in [3.8, 4) is 5.88 Å². The van der Waals surface area contributed by atoms with Crippen molar-refractivity contribution in [2.45, 2.75) is 36.9 Å². The van der Waals surface area contributed by atoms with E-state index in [4.69, 9.17) is 14.2 Å². The molecule has 0 aliphatic carbocycles. The van der Waals surface area contributed by atoms with Crippen LogP contribution in [0.5, 0.6) is 5.88 Å². The third-order valence-electron chi connectivity index (χ3n) is 3.99. The summed E-state index contributed by atoms with van der Waals surface area (Å²) in [7, 11) is 2.40. The van der Waals surface area contributed by atoms with E-state index in [0.717, 1.165) is 11.8 Å². The van der Waals surface area contributed by atoms with E-state index in [0.29, 0.717) is 0 Å². The van der Waals surface area contributed by atoms with Crippen molar-refractivity contribution in [3.63, 3.8) is 0 Å². The lowest BCUT2D eigenvalue weighted by molar-refractivity contribution is -0.388. The number of aromatic nitrogens is 2. The molecule has 1 fully saturated rings. The highest BCUT2D eigenvalue weighted by Crippen LogP contribution is 2.43. The number of carbonyl (C=O) groups excluding carboxylic acids is 2. The van der Waals surface area contributed by atoms with Crippen molar-refractivity contribution in [3.05, 3.63) is 15.8 Å². The summed E-state index contributed by atoms with van der Waals surface area (Å²) in [5, 5.41) is 11.9. The Morgan fingerprint density at radius 2 is 1.86 bits per heavy atom. The minimum absolute atomic E-state index is 0.152. The van der Waals surface area contributed by atoms with Gasteiger partial charge in [-0.1, -0.05) is 11.8 Å². The predicted octanol–water partition coefficient (Wildman–Crippen LogP) is 1.78. The highest BCUT2D eigenvalue weighted by molar-refractivity contribution is 7.98. The van der Waals surface area contributed by atoms with E-state index in [1.165, 1.54) is 19.1 Å². The molecular weight excluding hydrogens is 392 g/mol. The summed E-state index contributed by atoms with van der Waals surface area (Å²) in [6.07, 6.45) is 1.05. The first-order chi connectivity index (χ1) is 13.0. The average molecular weight is 414 g/mol. The van der Waals surface area contributed by atoms with Crippen LogP contribution in [0.4, 0.5) is 10.5 Å². The molecule has 0 atom stereocenters. The molecule has 1 aliphatic rings. The number of ether oxygens (including phenoxy) is 3. The highest BCUT2D eigenvalue weighted by atomic mass is 32.2. The zero-order chi connectivity index (χ0) is 21.3. The molecule has 11 nitrogen and oxygen atoms in total. The standard InChI is InChI=1S/C16H22N4O7S/c1-15(2,3)27-14(22)19-7-16(8-19,12(21)26-5)10-9(20(23)24)11(25-4)18-13(17-10)28-6/h7-8H2,1-6H3. The summed E-state index contributed by atoms with van der Waals surface area (Å²) in [6.45, 7) is 4.78. The predicted molar refractivity (Wildman–Crippen MR) is 98.5 cm³/mol. The van der Waals surface area contributed by atoms with Crippen molar-refractivity contribution < 1.29 is 28.7 Å². The third-order valence-corrected chi connectivity index (χ3v) is 4.54. The molecule has 28 heavy (non-hydrogen) atoms. The first kappa shape index (κ1) is 21.7. The number of likely N-dealkylation sites (tertiary alicyclic amines) is 1. The van der Waals surface area contributed by atoms with Crippen molar-refractivity contribution in [1.82, 2.24) is 14.9 Å². The molecule has 1 saturated heterocycles. The Bertz CT molecular complexity index is 803. The van der Waals surface area contributed by atoms with E-state index < -0.39 is 33.7 Å². The van der Waals surface area contributed by atoms with Crippen LogP contribution in [-0.2, 0) is 19.7 Å². The number of hydrogen-bond acceptors (Lipinski definition) is 10. The maximum Gasteiger partial charge on any atom is 0.410 e. The fourth-order valence-electron chi connectivity index (χ4n) is 2.78. The molecule has 0 aromatic carbocycles. The van der Waals surface area contributed by atoms with E-state index in [2.05, 4.69) is 9.97 Å². The number of amides is 1. The zero-order valence-corrected chi connectivity index (χ0v) is 17.3. The van der Waals surface area contributed by atoms with Gasteiger partial charge in [0.25, 0.3) is 5.88 Å². The lowest BCUT2D eigenvalue weighted by Crippen LogP contribution is -2.66. The van der Waals surface area contributed by atoms with Crippen LogP contribution in [0.1, 0.15) is 26.5 Å². The Labute approximate surface area is 165 Å². The van der Waals surface area contributed by atoms with Gasteiger partial charge >= 0.3 is 17.7 Å². The number of methoxy groups -OCH3 is 2. The zero-order valence-electron chi connectivity index (χ0n) is 16.5. The molecule has 0 N–H and O–H groups in total. The molecule has 1 aromatic heterocycles. The van der Waals surface area contributed by atoms with Crippen LogP contribution < -0.4 is 4.74 Å². The first-order valence-corrected chi connectivity index (χ1v) is 9.42. The molecule has 2 rings (SSSR count). The van der Waals surface area contributed by atoms with Crippen LogP contribution in [-0.4, -0.2) is 71.0 Å². The topological polar surface area (TPSA) is 134 Å². The second-order valence-corrected chi connectivity index (χ2v) is 7.86. The average Bonchev–Trinajstić information content (AvgIpc) is 2.57. The van der Waals surface area contributed by atoms with Crippen molar-refractivity contribution in [2.24, 2.45) is 0 Å². The number of thioether (sulfide) groups is 1. The van der Waals surface area contributed by atoms with E-state index in [1.54, 1.807) is 27.0 Å². The van der Waals surface area contributed by atoms with Gasteiger partial charge in [0.15, 0.2) is 10.6 Å². The quantitative estimate of drug-likeness (QED) is 0.231. The van der Waals surface area contributed by atoms with E-state index >= 15 is 0 Å². The Hall–Kier alpha value is -2.63. The Morgan fingerprint density at radius 3 is 2.29 bits per heavy atom. The SMILES string of the molecule is COC(=O)C1(c2nc(SC)nc(OC)c2[N+](=O)[O-])CN(C(=O)OC(C)(C)C)C1. The van der Waals surface area contributed by atoms with Crippen molar-refractivity contribution in [1.29, 1.82) is 0 Å². The minimum Gasteiger partial charge on any atom is -0.476 e. The summed E-state index contributed by atoms with van der Waals surface area (Å²) in [4.78, 5) is 45.3. The van der Waals surface area contributed by atoms with Crippen LogP contribution >= 0.6 is 11.8 Å². The molecular formula is C16H22N4O7S.